The molecule has 0 atom stereocenters. The molecule has 118 valence electrons. The van der Waals surface area contributed by atoms with Crippen LogP contribution in [0.2, 0.25) is 0 Å². The highest BCUT2D eigenvalue weighted by Crippen LogP contribution is 2.28. The van der Waals surface area contributed by atoms with Crippen molar-refractivity contribution in [1.82, 2.24) is 4.98 Å². The van der Waals surface area contributed by atoms with E-state index in [2.05, 4.69) is 34.1 Å². The molecule has 1 fully saturated rings. The lowest BCUT2D eigenvalue weighted by molar-refractivity contribution is 0.415. The fourth-order valence-corrected chi connectivity index (χ4v) is 3.12. The third-order valence-corrected chi connectivity index (χ3v) is 4.43. The average molecular weight is 308 g/mol. The van der Waals surface area contributed by atoms with E-state index >= 15 is 0 Å². The van der Waals surface area contributed by atoms with E-state index in [0.29, 0.717) is 5.89 Å². The zero-order valence-electron chi connectivity index (χ0n) is 13.3. The number of hydrogen-bond acceptors (Lipinski definition) is 4. The van der Waals surface area contributed by atoms with E-state index in [0.717, 1.165) is 35.5 Å². The van der Waals surface area contributed by atoms with Crippen molar-refractivity contribution < 1.29 is 9.15 Å². The van der Waals surface area contributed by atoms with Crippen LogP contribution >= 0.6 is 0 Å². The van der Waals surface area contributed by atoms with Crippen molar-refractivity contribution in [3.05, 3.63) is 42.5 Å². The highest BCUT2D eigenvalue weighted by molar-refractivity contribution is 5.78. The molecule has 0 N–H and O–H groups in total. The molecule has 2 heterocycles. The van der Waals surface area contributed by atoms with Crippen LogP contribution in [0, 0.1) is 0 Å². The summed E-state index contributed by atoms with van der Waals surface area (Å²) in [5, 5.41) is 0. The lowest BCUT2D eigenvalue weighted by Gasteiger charge is -2.28. The number of oxazole rings is 1. The van der Waals surface area contributed by atoms with Gasteiger partial charge in [0.15, 0.2) is 5.58 Å². The third kappa shape index (κ3) is 2.77. The first-order valence-electron chi connectivity index (χ1n) is 8.13. The van der Waals surface area contributed by atoms with E-state index in [1.54, 1.807) is 7.11 Å². The number of benzene rings is 2. The maximum atomic E-state index is 5.86. The Hall–Kier alpha value is -2.49. The van der Waals surface area contributed by atoms with Gasteiger partial charge >= 0.3 is 0 Å². The summed E-state index contributed by atoms with van der Waals surface area (Å²) in [6, 6.07) is 14.2. The molecule has 2 aromatic carbocycles. The number of piperidine rings is 1. The second kappa shape index (κ2) is 5.95. The molecule has 23 heavy (non-hydrogen) atoms. The molecule has 0 saturated carbocycles. The molecule has 0 unspecified atom stereocenters. The Morgan fingerprint density at radius 2 is 1.78 bits per heavy atom. The first kappa shape index (κ1) is 14.1. The van der Waals surface area contributed by atoms with E-state index in [9.17, 15) is 0 Å². The van der Waals surface area contributed by atoms with E-state index in [-0.39, 0.29) is 0 Å². The fourth-order valence-electron chi connectivity index (χ4n) is 3.12. The van der Waals surface area contributed by atoms with Gasteiger partial charge in [0.05, 0.1) is 7.11 Å². The van der Waals surface area contributed by atoms with Crippen molar-refractivity contribution in [2.75, 3.05) is 25.1 Å². The minimum absolute atomic E-state index is 0.651. The predicted octanol–water partition coefficient (Wildman–Crippen LogP) is 4.49. The molecule has 0 aliphatic carbocycles. The smallest absolute Gasteiger partial charge is 0.227 e. The molecular formula is C19H20N2O2. The first-order chi connectivity index (χ1) is 11.3. The number of rotatable bonds is 3. The molecule has 0 spiro atoms. The number of aromatic nitrogens is 1. The molecule has 1 aliphatic heterocycles. The predicted molar refractivity (Wildman–Crippen MR) is 92.1 cm³/mol. The largest absolute Gasteiger partial charge is 0.497 e. The minimum Gasteiger partial charge on any atom is -0.497 e. The summed E-state index contributed by atoms with van der Waals surface area (Å²) in [4.78, 5) is 7.02. The van der Waals surface area contributed by atoms with Gasteiger partial charge in [-0.15, -0.1) is 0 Å². The summed E-state index contributed by atoms with van der Waals surface area (Å²) in [5.41, 5.74) is 3.88. The van der Waals surface area contributed by atoms with Crippen LogP contribution in [0.4, 0.5) is 5.69 Å². The van der Waals surface area contributed by atoms with Gasteiger partial charge in [0.1, 0.15) is 11.3 Å². The molecule has 0 amide bonds. The van der Waals surface area contributed by atoms with Crippen molar-refractivity contribution in [2.45, 2.75) is 19.3 Å². The van der Waals surface area contributed by atoms with Gasteiger partial charge in [0.2, 0.25) is 5.89 Å². The lowest BCUT2D eigenvalue weighted by Crippen LogP contribution is -2.29. The van der Waals surface area contributed by atoms with Gasteiger partial charge in [-0.1, -0.05) is 0 Å². The van der Waals surface area contributed by atoms with Crippen molar-refractivity contribution >= 4 is 16.8 Å². The zero-order chi connectivity index (χ0) is 15.6. The molecule has 4 nitrogen and oxygen atoms in total. The minimum atomic E-state index is 0.651. The maximum absolute atomic E-state index is 5.86. The van der Waals surface area contributed by atoms with Crippen LogP contribution in [-0.2, 0) is 0 Å². The molecule has 4 rings (SSSR count). The average Bonchev–Trinajstić information content (AvgIpc) is 3.05. The van der Waals surface area contributed by atoms with Crippen molar-refractivity contribution in [1.29, 1.82) is 0 Å². The second-order valence-corrected chi connectivity index (χ2v) is 5.95. The van der Waals surface area contributed by atoms with Crippen LogP contribution in [0.3, 0.4) is 0 Å². The Labute approximate surface area is 135 Å². The fraction of sp³-hybridized carbons (Fsp3) is 0.316. The third-order valence-electron chi connectivity index (χ3n) is 4.43. The summed E-state index contributed by atoms with van der Waals surface area (Å²) in [6.45, 7) is 2.31. The highest BCUT2D eigenvalue weighted by Gasteiger charge is 2.12. The quantitative estimate of drug-likeness (QED) is 0.714. The van der Waals surface area contributed by atoms with Crippen LogP contribution in [0.5, 0.6) is 5.75 Å². The van der Waals surface area contributed by atoms with Gasteiger partial charge in [-0.3, -0.25) is 0 Å². The monoisotopic (exact) mass is 308 g/mol. The molecule has 0 radical (unpaired) electrons. The number of hydrogen-bond donors (Lipinski definition) is 0. The van der Waals surface area contributed by atoms with Gasteiger partial charge in [0.25, 0.3) is 0 Å². The first-order valence-corrected chi connectivity index (χ1v) is 8.13. The Bertz CT molecular complexity index is 802. The summed E-state index contributed by atoms with van der Waals surface area (Å²) in [6.07, 6.45) is 3.92. The summed E-state index contributed by atoms with van der Waals surface area (Å²) >= 11 is 0. The number of anilines is 1. The molecular weight excluding hydrogens is 288 g/mol. The van der Waals surface area contributed by atoms with Crippen LogP contribution in [0.1, 0.15) is 19.3 Å². The summed E-state index contributed by atoms with van der Waals surface area (Å²) in [5.74, 6) is 1.44. The van der Waals surface area contributed by atoms with Crippen molar-refractivity contribution in [3.8, 4) is 17.2 Å². The van der Waals surface area contributed by atoms with Gasteiger partial charge < -0.3 is 14.1 Å². The van der Waals surface area contributed by atoms with E-state index < -0.39 is 0 Å². The van der Waals surface area contributed by atoms with Crippen molar-refractivity contribution in [2.24, 2.45) is 0 Å². The number of methoxy groups -OCH3 is 1. The lowest BCUT2D eigenvalue weighted by atomic mass is 10.1. The SMILES string of the molecule is COc1ccc2oc(-c3ccc(N4CCCCC4)cc3)nc2c1. The number of nitrogens with zero attached hydrogens (tertiary/aromatic N) is 2. The second-order valence-electron chi connectivity index (χ2n) is 5.95. The number of fused-ring (bicyclic) bond motifs is 1. The molecule has 1 saturated heterocycles. The van der Waals surface area contributed by atoms with Gasteiger partial charge in [-0.05, 0) is 55.7 Å². The molecule has 1 aromatic heterocycles. The standard InChI is InChI=1S/C19H20N2O2/c1-22-16-9-10-18-17(13-16)20-19(23-18)14-5-7-15(8-6-14)21-11-3-2-4-12-21/h5-10,13H,2-4,11-12H2,1H3. The Morgan fingerprint density at radius 1 is 1.00 bits per heavy atom. The van der Waals surface area contributed by atoms with E-state index in [1.165, 1.54) is 24.9 Å². The van der Waals surface area contributed by atoms with E-state index in [4.69, 9.17) is 9.15 Å². The Morgan fingerprint density at radius 3 is 2.52 bits per heavy atom. The number of ether oxygens (including phenoxy) is 1. The topological polar surface area (TPSA) is 38.5 Å². The normalized spacial score (nSPS) is 15.1. The van der Waals surface area contributed by atoms with Gasteiger partial charge in [-0.2, -0.15) is 0 Å². The van der Waals surface area contributed by atoms with Gasteiger partial charge in [-0.25, -0.2) is 4.98 Å². The maximum Gasteiger partial charge on any atom is 0.227 e. The molecule has 0 bridgehead atoms. The molecule has 1 aliphatic rings. The van der Waals surface area contributed by atoms with Crippen LogP contribution in [0.25, 0.3) is 22.6 Å². The van der Waals surface area contributed by atoms with Crippen molar-refractivity contribution in [3.63, 3.8) is 0 Å². The van der Waals surface area contributed by atoms with Crippen LogP contribution < -0.4 is 9.64 Å². The van der Waals surface area contributed by atoms with Crippen LogP contribution in [0.15, 0.2) is 46.9 Å². The highest BCUT2D eigenvalue weighted by atomic mass is 16.5. The molecule has 3 aromatic rings. The molecule has 4 heteroatoms. The summed E-state index contributed by atoms with van der Waals surface area (Å²) in [7, 11) is 1.65. The van der Waals surface area contributed by atoms with E-state index in [1.807, 2.05) is 18.2 Å². The summed E-state index contributed by atoms with van der Waals surface area (Å²) < 4.78 is 11.1. The van der Waals surface area contributed by atoms with Gasteiger partial charge in [0, 0.05) is 30.4 Å². The Kier molecular flexibility index (Phi) is 3.66. The Balaban J connectivity index is 1.62. The van der Waals surface area contributed by atoms with Crippen LogP contribution in [-0.4, -0.2) is 25.2 Å². The zero-order valence-corrected chi connectivity index (χ0v) is 13.3.